The van der Waals surface area contributed by atoms with Crippen LogP contribution in [0.25, 0.3) is 0 Å². The van der Waals surface area contributed by atoms with Crippen molar-refractivity contribution < 1.29 is 4.79 Å². The highest BCUT2D eigenvalue weighted by atomic mass is 35.5. The lowest BCUT2D eigenvalue weighted by Gasteiger charge is -2.28. The van der Waals surface area contributed by atoms with Crippen LogP contribution in [0, 0.1) is 12.8 Å². The second-order valence-corrected chi connectivity index (χ2v) is 6.90. The van der Waals surface area contributed by atoms with E-state index in [4.69, 9.17) is 11.6 Å². The van der Waals surface area contributed by atoms with E-state index in [2.05, 4.69) is 17.1 Å². The van der Waals surface area contributed by atoms with E-state index in [0.29, 0.717) is 23.7 Å². The zero-order chi connectivity index (χ0) is 15.0. The summed E-state index contributed by atoms with van der Waals surface area (Å²) in [6, 6.07) is 6.81. The van der Waals surface area contributed by atoms with Crippen molar-refractivity contribution in [3.63, 3.8) is 0 Å². The van der Waals surface area contributed by atoms with Crippen LogP contribution in [0.3, 0.4) is 0 Å². The second-order valence-electron chi connectivity index (χ2n) is 6.49. The number of halogens is 1. The Hall–Kier alpha value is -1.06. The van der Waals surface area contributed by atoms with Gasteiger partial charge in [0.15, 0.2) is 0 Å². The molecule has 0 bridgehead atoms. The van der Waals surface area contributed by atoms with Crippen LogP contribution in [0.15, 0.2) is 18.2 Å². The first-order chi connectivity index (χ1) is 10.0. The highest BCUT2D eigenvalue weighted by Gasteiger charge is 2.39. The Balaban J connectivity index is 1.60. The van der Waals surface area contributed by atoms with E-state index < -0.39 is 0 Å². The average Bonchev–Trinajstić information content (AvgIpc) is 3.30. The summed E-state index contributed by atoms with van der Waals surface area (Å²) in [6.45, 7) is 4.72. The molecule has 114 valence electrons. The number of carbonyl (C=O) groups excluding carboxylic acids is 1. The monoisotopic (exact) mass is 306 g/mol. The molecule has 2 aliphatic rings. The fourth-order valence-corrected chi connectivity index (χ4v) is 3.08. The van der Waals surface area contributed by atoms with Crippen LogP contribution in [-0.4, -0.2) is 29.4 Å². The predicted octanol–water partition coefficient (Wildman–Crippen LogP) is 3.85. The highest BCUT2D eigenvalue weighted by molar-refractivity contribution is 6.31. The molecule has 2 saturated carbocycles. The molecule has 0 aromatic heterocycles. The first-order valence-electron chi connectivity index (χ1n) is 7.86. The predicted molar refractivity (Wildman–Crippen MR) is 86.7 cm³/mol. The molecule has 0 aliphatic heterocycles. The third-order valence-corrected chi connectivity index (χ3v) is 5.03. The van der Waals surface area contributed by atoms with Crippen LogP contribution in [0.2, 0.25) is 5.02 Å². The van der Waals surface area contributed by atoms with Crippen LogP contribution in [0.5, 0.6) is 0 Å². The van der Waals surface area contributed by atoms with Gasteiger partial charge in [0.25, 0.3) is 0 Å². The molecule has 1 unspecified atom stereocenters. The normalized spacial score (nSPS) is 19.6. The van der Waals surface area contributed by atoms with Gasteiger partial charge < -0.3 is 5.32 Å². The second kappa shape index (κ2) is 5.98. The van der Waals surface area contributed by atoms with E-state index in [-0.39, 0.29) is 5.91 Å². The lowest BCUT2D eigenvalue weighted by molar-refractivity contribution is -0.118. The molecular weight excluding hydrogens is 284 g/mol. The Kier molecular flexibility index (Phi) is 4.23. The maximum Gasteiger partial charge on any atom is 0.238 e. The van der Waals surface area contributed by atoms with Crippen LogP contribution >= 0.6 is 11.6 Å². The van der Waals surface area contributed by atoms with Crippen molar-refractivity contribution in [2.24, 2.45) is 5.92 Å². The van der Waals surface area contributed by atoms with Gasteiger partial charge >= 0.3 is 0 Å². The Morgan fingerprint density at radius 3 is 2.67 bits per heavy atom. The molecule has 0 spiro atoms. The largest absolute Gasteiger partial charge is 0.325 e. The van der Waals surface area contributed by atoms with Gasteiger partial charge in [-0.25, -0.2) is 0 Å². The van der Waals surface area contributed by atoms with Gasteiger partial charge in [-0.2, -0.15) is 0 Å². The minimum Gasteiger partial charge on any atom is -0.325 e. The first kappa shape index (κ1) is 14.9. The summed E-state index contributed by atoms with van der Waals surface area (Å²) in [5.74, 6) is 0.863. The lowest BCUT2D eigenvalue weighted by atomic mass is 10.1. The van der Waals surface area contributed by atoms with E-state index in [0.717, 1.165) is 17.2 Å². The summed E-state index contributed by atoms with van der Waals surface area (Å²) in [7, 11) is 0. The smallest absolute Gasteiger partial charge is 0.238 e. The summed E-state index contributed by atoms with van der Waals surface area (Å²) < 4.78 is 0. The van der Waals surface area contributed by atoms with Crippen molar-refractivity contribution in [1.82, 2.24) is 4.90 Å². The van der Waals surface area contributed by atoms with E-state index >= 15 is 0 Å². The molecule has 21 heavy (non-hydrogen) atoms. The Morgan fingerprint density at radius 2 is 2.10 bits per heavy atom. The van der Waals surface area contributed by atoms with Gasteiger partial charge in [0.1, 0.15) is 0 Å². The van der Waals surface area contributed by atoms with Gasteiger partial charge in [-0.05, 0) is 63.1 Å². The summed E-state index contributed by atoms with van der Waals surface area (Å²) in [4.78, 5) is 14.7. The van der Waals surface area contributed by atoms with Gasteiger partial charge in [-0.3, -0.25) is 9.69 Å². The minimum absolute atomic E-state index is 0.0642. The number of aryl methyl sites for hydroxylation is 1. The molecule has 0 heterocycles. The number of benzene rings is 1. The van der Waals surface area contributed by atoms with Crippen LogP contribution in [0.1, 0.15) is 38.2 Å². The number of hydrogen-bond acceptors (Lipinski definition) is 2. The molecule has 1 aromatic carbocycles. The minimum atomic E-state index is 0.0642. The molecule has 1 aromatic rings. The summed E-state index contributed by atoms with van der Waals surface area (Å²) in [6.07, 6.45) is 5.11. The molecular formula is C17H23ClN2O. The fourth-order valence-electron chi connectivity index (χ4n) is 2.90. The van der Waals surface area contributed by atoms with Gasteiger partial charge in [-0.1, -0.05) is 17.7 Å². The number of hydrogen-bond donors (Lipinski definition) is 1. The highest BCUT2D eigenvalue weighted by Crippen LogP contribution is 2.39. The third kappa shape index (κ3) is 3.78. The summed E-state index contributed by atoms with van der Waals surface area (Å²) in [5.41, 5.74) is 1.81. The number of rotatable bonds is 6. The zero-order valence-corrected chi connectivity index (χ0v) is 13.5. The standard InChI is InChI=1S/C17H23ClN2O/c1-11-3-6-14(9-16(11)18)19-17(21)10-20(15-7-8-15)12(2)13-4-5-13/h3,6,9,12-13,15H,4-5,7-8,10H2,1-2H3,(H,19,21). The van der Waals surface area contributed by atoms with E-state index in [1.807, 2.05) is 25.1 Å². The third-order valence-electron chi connectivity index (χ3n) is 4.63. The Labute approximate surface area is 131 Å². The summed E-state index contributed by atoms with van der Waals surface area (Å²) in [5, 5.41) is 3.67. The van der Waals surface area contributed by atoms with Crippen molar-refractivity contribution in [3.05, 3.63) is 28.8 Å². The van der Waals surface area contributed by atoms with Gasteiger partial charge in [0.2, 0.25) is 5.91 Å². The van der Waals surface area contributed by atoms with E-state index in [1.54, 1.807) is 0 Å². The van der Waals surface area contributed by atoms with Crippen molar-refractivity contribution >= 4 is 23.2 Å². The number of amides is 1. The van der Waals surface area contributed by atoms with Gasteiger partial charge in [-0.15, -0.1) is 0 Å². The quantitative estimate of drug-likeness (QED) is 0.866. The lowest BCUT2D eigenvalue weighted by Crippen LogP contribution is -2.42. The summed E-state index contributed by atoms with van der Waals surface area (Å²) >= 11 is 6.10. The number of nitrogens with zero attached hydrogens (tertiary/aromatic N) is 1. The fraction of sp³-hybridized carbons (Fsp3) is 0.588. The molecule has 1 amide bonds. The number of nitrogens with one attached hydrogen (secondary N) is 1. The van der Waals surface area contributed by atoms with Gasteiger partial charge in [0.05, 0.1) is 6.54 Å². The molecule has 3 rings (SSSR count). The van der Waals surface area contributed by atoms with Gasteiger partial charge in [0, 0.05) is 22.8 Å². The molecule has 2 fully saturated rings. The number of carbonyl (C=O) groups is 1. The molecule has 4 heteroatoms. The van der Waals surface area contributed by atoms with Crippen molar-refractivity contribution in [1.29, 1.82) is 0 Å². The average molecular weight is 307 g/mol. The van der Waals surface area contributed by atoms with Crippen molar-refractivity contribution in [2.45, 2.75) is 51.6 Å². The maximum absolute atomic E-state index is 12.3. The zero-order valence-electron chi connectivity index (χ0n) is 12.7. The topological polar surface area (TPSA) is 32.3 Å². The molecule has 3 nitrogen and oxygen atoms in total. The van der Waals surface area contributed by atoms with E-state index in [1.165, 1.54) is 25.7 Å². The molecule has 0 saturated heterocycles. The van der Waals surface area contributed by atoms with Crippen molar-refractivity contribution in [2.75, 3.05) is 11.9 Å². The van der Waals surface area contributed by atoms with Crippen LogP contribution in [0.4, 0.5) is 5.69 Å². The maximum atomic E-state index is 12.3. The molecule has 0 radical (unpaired) electrons. The molecule has 2 aliphatic carbocycles. The number of anilines is 1. The molecule has 1 N–H and O–H groups in total. The van der Waals surface area contributed by atoms with Crippen LogP contribution in [-0.2, 0) is 4.79 Å². The van der Waals surface area contributed by atoms with E-state index in [9.17, 15) is 4.79 Å². The SMILES string of the molecule is Cc1ccc(NC(=O)CN(C2CC2)C(C)C2CC2)cc1Cl. The first-order valence-corrected chi connectivity index (χ1v) is 8.24. The molecule has 1 atom stereocenters. The van der Waals surface area contributed by atoms with Crippen LogP contribution < -0.4 is 5.32 Å². The Bertz CT molecular complexity index is 538. The Morgan fingerprint density at radius 1 is 1.38 bits per heavy atom. The van der Waals surface area contributed by atoms with Crippen molar-refractivity contribution in [3.8, 4) is 0 Å².